The Morgan fingerprint density at radius 3 is 2.22 bits per heavy atom. The van der Waals surface area contributed by atoms with Gasteiger partial charge >= 0.3 is 6.08 Å². The second-order valence-electron chi connectivity index (χ2n) is 3.50. The molecule has 3 nitrogen and oxygen atoms in total. The molecule has 0 atom stereocenters. The van der Waals surface area contributed by atoms with E-state index in [0.717, 1.165) is 5.56 Å². The molecule has 0 saturated heterocycles. The van der Waals surface area contributed by atoms with Gasteiger partial charge in [0.05, 0.1) is 11.5 Å². The zero-order valence-corrected chi connectivity index (χ0v) is 10.3. The normalized spacial score (nSPS) is 11.3. The summed E-state index contributed by atoms with van der Waals surface area (Å²) >= 11 is 0. The van der Waals surface area contributed by atoms with E-state index in [1.165, 1.54) is 12.1 Å². The molecule has 0 aliphatic heterocycles. The van der Waals surface area contributed by atoms with Crippen LogP contribution < -0.4 is 0 Å². The number of benzene rings is 1. The molecule has 0 aliphatic rings. The van der Waals surface area contributed by atoms with Crippen LogP contribution in [0, 0.1) is 6.92 Å². The van der Waals surface area contributed by atoms with Crippen molar-refractivity contribution in [1.29, 1.82) is 0 Å². The van der Waals surface area contributed by atoms with Gasteiger partial charge in [-0.05, 0) is 19.1 Å². The molecule has 0 aliphatic carbocycles. The second-order valence-corrected chi connectivity index (χ2v) is 5.12. The van der Waals surface area contributed by atoms with Gasteiger partial charge in [0.1, 0.15) is 0 Å². The quantitative estimate of drug-likeness (QED) is 0.778. The van der Waals surface area contributed by atoms with Gasteiger partial charge in [-0.3, -0.25) is 4.18 Å². The van der Waals surface area contributed by atoms with Crippen molar-refractivity contribution >= 4 is 10.1 Å². The Morgan fingerprint density at radius 1 is 1.17 bits per heavy atom. The Kier molecular flexibility index (Phi) is 4.92. The third-order valence-electron chi connectivity index (χ3n) is 2.07. The largest absolute Gasteiger partial charge is 0.301 e. The van der Waals surface area contributed by atoms with Crippen LogP contribution in [0.5, 0.6) is 0 Å². The van der Waals surface area contributed by atoms with Crippen LogP contribution in [0.25, 0.3) is 0 Å². The molecule has 1 rings (SSSR count). The van der Waals surface area contributed by atoms with Crippen LogP contribution in [0.4, 0.5) is 13.2 Å². The molecule has 0 heterocycles. The van der Waals surface area contributed by atoms with E-state index in [0.29, 0.717) is 0 Å². The van der Waals surface area contributed by atoms with Crippen molar-refractivity contribution in [2.75, 3.05) is 6.61 Å². The summed E-state index contributed by atoms with van der Waals surface area (Å²) in [5, 5.41) is 0. The molecule has 0 amide bonds. The van der Waals surface area contributed by atoms with E-state index in [-0.39, 0.29) is 4.90 Å². The SMILES string of the molecule is Cc1ccc(S(=O)(=O)OCCC(F)=C(F)F)cc1. The fraction of sp³-hybridized carbons (Fsp3) is 0.273. The molecule has 7 heteroatoms. The zero-order chi connectivity index (χ0) is 13.8. The molecule has 0 bridgehead atoms. The fourth-order valence-electron chi connectivity index (χ4n) is 1.11. The first-order valence-electron chi connectivity index (χ1n) is 4.98. The number of hydrogen-bond donors (Lipinski definition) is 0. The molecule has 0 fully saturated rings. The summed E-state index contributed by atoms with van der Waals surface area (Å²) in [4.78, 5) is -0.0989. The first kappa shape index (κ1) is 14.7. The number of aryl methyl sites for hydroxylation is 1. The molecule has 1 aromatic carbocycles. The molecule has 1 aromatic rings. The summed E-state index contributed by atoms with van der Waals surface area (Å²) < 4.78 is 63.4. The van der Waals surface area contributed by atoms with Crippen molar-refractivity contribution in [2.45, 2.75) is 18.2 Å². The maximum absolute atomic E-state index is 12.4. The Bertz CT molecular complexity index is 531. The van der Waals surface area contributed by atoms with Gasteiger partial charge < -0.3 is 0 Å². The molecule has 100 valence electrons. The molecule has 0 spiro atoms. The summed E-state index contributed by atoms with van der Waals surface area (Å²) in [6, 6.07) is 5.79. The van der Waals surface area contributed by atoms with Crippen molar-refractivity contribution in [3.8, 4) is 0 Å². The van der Waals surface area contributed by atoms with Gasteiger partial charge in [-0.15, -0.1) is 0 Å². The summed E-state index contributed by atoms with van der Waals surface area (Å²) in [6.07, 6.45) is -3.25. The van der Waals surface area contributed by atoms with Crippen molar-refractivity contribution in [3.63, 3.8) is 0 Å². The van der Waals surface area contributed by atoms with Crippen molar-refractivity contribution in [1.82, 2.24) is 0 Å². The summed E-state index contributed by atoms with van der Waals surface area (Å²) in [5.74, 6) is -1.67. The topological polar surface area (TPSA) is 43.4 Å². The molecule has 0 unspecified atom stereocenters. The van der Waals surface area contributed by atoms with E-state index in [1.807, 2.05) is 0 Å². The highest BCUT2D eigenvalue weighted by Crippen LogP contribution is 2.16. The summed E-state index contributed by atoms with van der Waals surface area (Å²) in [7, 11) is -4.03. The van der Waals surface area contributed by atoms with Crippen LogP contribution in [-0.2, 0) is 14.3 Å². The van der Waals surface area contributed by atoms with Gasteiger partial charge in [-0.1, -0.05) is 17.7 Å². The first-order chi connectivity index (χ1) is 8.33. The lowest BCUT2D eigenvalue weighted by molar-refractivity contribution is 0.297. The van der Waals surface area contributed by atoms with Crippen molar-refractivity contribution in [2.24, 2.45) is 0 Å². The van der Waals surface area contributed by atoms with Gasteiger partial charge in [0.15, 0.2) is 5.83 Å². The monoisotopic (exact) mass is 280 g/mol. The number of hydrogen-bond acceptors (Lipinski definition) is 3. The molecule has 0 N–H and O–H groups in total. The number of rotatable bonds is 5. The highest BCUT2D eigenvalue weighted by molar-refractivity contribution is 7.86. The molecule has 0 radical (unpaired) electrons. The Labute approximate surface area is 103 Å². The number of halogens is 3. The van der Waals surface area contributed by atoms with E-state index < -0.39 is 35.1 Å². The first-order valence-corrected chi connectivity index (χ1v) is 6.39. The fourth-order valence-corrected chi connectivity index (χ4v) is 2.02. The molecule has 0 saturated carbocycles. The maximum Gasteiger partial charge on any atom is 0.301 e. The van der Waals surface area contributed by atoms with Crippen molar-refractivity contribution < 1.29 is 25.8 Å². The standard InChI is InChI=1S/C11H11F3O3S/c1-8-2-4-9(5-3-8)18(15,16)17-7-6-10(12)11(13)14/h2-5H,6-7H2,1H3. The van der Waals surface area contributed by atoms with Crippen LogP contribution in [0.2, 0.25) is 0 Å². The van der Waals surface area contributed by atoms with Gasteiger partial charge in [0, 0.05) is 6.42 Å². The highest BCUT2D eigenvalue weighted by atomic mass is 32.2. The van der Waals surface area contributed by atoms with E-state index in [1.54, 1.807) is 19.1 Å². The van der Waals surface area contributed by atoms with Gasteiger partial charge in [0.25, 0.3) is 10.1 Å². The summed E-state index contributed by atoms with van der Waals surface area (Å²) in [5.41, 5.74) is 0.863. The predicted molar refractivity (Wildman–Crippen MR) is 59.3 cm³/mol. The molecule has 18 heavy (non-hydrogen) atoms. The van der Waals surface area contributed by atoms with E-state index in [2.05, 4.69) is 4.18 Å². The Hall–Kier alpha value is -1.34. The zero-order valence-electron chi connectivity index (χ0n) is 9.49. The lowest BCUT2D eigenvalue weighted by Crippen LogP contribution is -2.07. The second kappa shape index (κ2) is 6.01. The van der Waals surface area contributed by atoms with E-state index >= 15 is 0 Å². The molecular formula is C11H11F3O3S. The minimum atomic E-state index is -4.03. The van der Waals surface area contributed by atoms with Crippen LogP contribution >= 0.6 is 0 Å². The summed E-state index contributed by atoms with van der Waals surface area (Å²) in [6.45, 7) is 1.11. The van der Waals surface area contributed by atoms with E-state index in [9.17, 15) is 21.6 Å². The Morgan fingerprint density at radius 2 is 1.72 bits per heavy atom. The van der Waals surface area contributed by atoms with Crippen LogP contribution in [-0.4, -0.2) is 15.0 Å². The van der Waals surface area contributed by atoms with Gasteiger partial charge in [-0.25, -0.2) is 4.39 Å². The lowest BCUT2D eigenvalue weighted by atomic mass is 10.2. The lowest BCUT2D eigenvalue weighted by Gasteiger charge is -2.05. The highest BCUT2D eigenvalue weighted by Gasteiger charge is 2.15. The predicted octanol–water partition coefficient (Wildman–Crippen LogP) is 3.17. The van der Waals surface area contributed by atoms with E-state index in [4.69, 9.17) is 0 Å². The van der Waals surface area contributed by atoms with Crippen LogP contribution in [0.15, 0.2) is 41.1 Å². The Balaban J connectivity index is 2.66. The minimum Gasteiger partial charge on any atom is -0.266 e. The maximum atomic E-state index is 12.4. The minimum absolute atomic E-state index is 0.0989. The molecule has 0 aromatic heterocycles. The van der Waals surface area contributed by atoms with Crippen LogP contribution in [0.3, 0.4) is 0 Å². The smallest absolute Gasteiger partial charge is 0.266 e. The average molecular weight is 280 g/mol. The van der Waals surface area contributed by atoms with Gasteiger partial charge in [-0.2, -0.15) is 17.2 Å². The third kappa shape index (κ3) is 4.15. The third-order valence-corrected chi connectivity index (χ3v) is 3.40. The van der Waals surface area contributed by atoms with Crippen molar-refractivity contribution in [3.05, 3.63) is 41.7 Å². The van der Waals surface area contributed by atoms with Gasteiger partial charge in [0.2, 0.25) is 0 Å². The molecular weight excluding hydrogens is 269 g/mol. The average Bonchev–Trinajstić information content (AvgIpc) is 2.29. The van der Waals surface area contributed by atoms with Crippen LogP contribution in [0.1, 0.15) is 12.0 Å².